The van der Waals surface area contributed by atoms with Gasteiger partial charge in [0.05, 0.1) is 17.2 Å². The molecule has 1 N–H and O–H groups in total. The summed E-state index contributed by atoms with van der Waals surface area (Å²) in [5.41, 5.74) is 2.37. The van der Waals surface area contributed by atoms with E-state index in [0.29, 0.717) is 0 Å². The molecule has 1 heterocycles. The second-order valence-corrected chi connectivity index (χ2v) is 3.39. The highest BCUT2D eigenvalue weighted by atomic mass is 16.4. The van der Waals surface area contributed by atoms with Crippen LogP contribution in [0.15, 0.2) is 28.1 Å². The Bertz CT molecular complexity index is 592. The Kier molecular flexibility index (Phi) is 2.07. The van der Waals surface area contributed by atoms with Gasteiger partial charge in [-0.25, -0.2) is 4.79 Å². The molecule has 0 aliphatic carbocycles. The zero-order valence-corrected chi connectivity index (χ0v) is 8.51. The molecular weight excluding hydrogens is 194 g/mol. The monoisotopic (exact) mass is 205 g/mol. The third kappa shape index (κ3) is 1.32. The van der Waals surface area contributed by atoms with E-state index in [1.54, 1.807) is 35.4 Å². The van der Waals surface area contributed by atoms with E-state index in [2.05, 4.69) is 5.16 Å². The first-order valence-corrected chi connectivity index (χ1v) is 4.48. The van der Waals surface area contributed by atoms with Gasteiger partial charge in [0.1, 0.15) is 0 Å². The fourth-order valence-electron chi connectivity index (χ4n) is 1.67. The molecule has 0 unspecified atom stereocenters. The highest BCUT2D eigenvalue weighted by Gasteiger charge is 2.06. The van der Waals surface area contributed by atoms with Gasteiger partial charge in [0.25, 0.3) is 0 Å². The van der Waals surface area contributed by atoms with Crippen LogP contribution in [0.25, 0.3) is 11.0 Å². The molecular formula is C10H11N3O2. The van der Waals surface area contributed by atoms with E-state index in [4.69, 9.17) is 5.21 Å². The zero-order valence-electron chi connectivity index (χ0n) is 8.51. The maximum atomic E-state index is 11.6. The van der Waals surface area contributed by atoms with Crippen molar-refractivity contribution < 1.29 is 5.21 Å². The zero-order chi connectivity index (χ0) is 11.0. The number of aromatic nitrogens is 2. The minimum atomic E-state index is -0.0666. The molecule has 0 amide bonds. The first kappa shape index (κ1) is 9.51. The van der Waals surface area contributed by atoms with Crippen molar-refractivity contribution in [2.45, 2.75) is 0 Å². The normalized spacial score (nSPS) is 11.6. The standard InChI is InChI=1S/C10H11N3O2/c1-12-8-4-3-7(6-11-15)5-9(8)13(2)10(12)14/h3-6,15H,1-2H3. The van der Waals surface area contributed by atoms with Crippen LogP contribution in [0.5, 0.6) is 0 Å². The maximum absolute atomic E-state index is 11.6. The minimum Gasteiger partial charge on any atom is -0.411 e. The first-order valence-electron chi connectivity index (χ1n) is 4.48. The number of imidazole rings is 1. The van der Waals surface area contributed by atoms with Gasteiger partial charge in [-0.3, -0.25) is 9.13 Å². The molecule has 5 nitrogen and oxygen atoms in total. The molecule has 15 heavy (non-hydrogen) atoms. The molecule has 0 spiro atoms. The lowest BCUT2D eigenvalue weighted by Crippen LogP contribution is -2.19. The third-order valence-corrected chi connectivity index (χ3v) is 2.50. The fourth-order valence-corrected chi connectivity index (χ4v) is 1.67. The summed E-state index contributed by atoms with van der Waals surface area (Å²) in [6.45, 7) is 0. The number of hydrogen-bond donors (Lipinski definition) is 1. The van der Waals surface area contributed by atoms with Crippen LogP contribution in [-0.2, 0) is 14.1 Å². The van der Waals surface area contributed by atoms with E-state index >= 15 is 0 Å². The van der Waals surface area contributed by atoms with Crippen molar-refractivity contribution in [3.63, 3.8) is 0 Å². The topological polar surface area (TPSA) is 59.5 Å². The van der Waals surface area contributed by atoms with Gasteiger partial charge in [-0.05, 0) is 17.7 Å². The number of nitrogens with zero attached hydrogens (tertiary/aromatic N) is 3. The number of oxime groups is 1. The third-order valence-electron chi connectivity index (χ3n) is 2.50. The predicted molar refractivity (Wildman–Crippen MR) is 57.5 cm³/mol. The summed E-state index contributed by atoms with van der Waals surface area (Å²) in [7, 11) is 3.44. The molecule has 2 aromatic rings. The first-order chi connectivity index (χ1) is 7.15. The number of benzene rings is 1. The highest BCUT2D eigenvalue weighted by Crippen LogP contribution is 2.12. The molecule has 1 aromatic carbocycles. The molecule has 0 saturated carbocycles. The van der Waals surface area contributed by atoms with Gasteiger partial charge < -0.3 is 5.21 Å². The van der Waals surface area contributed by atoms with Crippen LogP contribution in [0.1, 0.15) is 5.56 Å². The summed E-state index contributed by atoms with van der Waals surface area (Å²) in [5.74, 6) is 0. The minimum absolute atomic E-state index is 0.0666. The number of hydrogen-bond acceptors (Lipinski definition) is 3. The number of aryl methyl sites for hydroxylation is 2. The van der Waals surface area contributed by atoms with Crippen LogP contribution in [0.4, 0.5) is 0 Å². The van der Waals surface area contributed by atoms with Crippen LogP contribution in [0, 0.1) is 0 Å². The average molecular weight is 205 g/mol. The van der Waals surface area contributed by atoms with E-state index in [9.17, 15) is 4.79 Å². The fraction of sp³-hybridized carbons (Fsp3) is 0.200. The van der Waals surface area contributed by atoms with E-state index in [-0.39, 0.29) is 5.69 Å². The number of fused-ring (bicyclic) bond motifs is 1. The summed E-state index contributed by atoms with van der Waals surface area (Å²) < 4.78 is 3.14. The lowest BCUT2D eigenvalue weighted by atomic mass is 10.2. The summed E-state index contributed by atoms with van der Waals surface area (Å²) in [6, 6.07) is 5.42. The Balaban J connectivity index is 2.82. The van der Waals surface area contributed by atoms with Gasteiger partial charge >= 0.3 is 5.69 Å². The van der Waals surface area contributed by atoms with Crippen LogP contribution in [0.2, 0.25) is 0 Å². The number of rotatable bonds is 1. The van der Waals surface area contributed by atoms with E-state index in [1.807, 2.05) is 6.07 Å². The van der Waals surface area contributed by atoms with Crippen LogP contribution < -0.4 is 5.69 Å². The molecule has 0 radical (unpaired) electrons. The summed E-state index contributed by atoms with van der Waals surface area (Å²) in [5, 5.41) is 11.4. The molecule has 2 rings (SSSR count). The van der Waals surface area contributed by atoms with Gasteiger partial charge in [0.15, 0.2) is 0 Å². The predicted octanol–water partition coefficient (Wildman–Crippen LogP) is 0.685. The van der Waals surface area contributed by atoms with Crippen molar-refractivity contribution in [3.05, 3.63) is 34.2 Å². The van der Waals surface area contributed by atoms with E-state index in [0.717, 1.165) is 16.6 Å². The van der Waals surface area contributed by atoms with Gasteiger partial charge in [-0.1, -0.05) is 11.2 Å². The Morgan fingerprint density at radius 3 is 2.60 bits per heavy atom. The van der Waals surface area contributed by atoms with Crippen molar-refractivity contribution in [2.75, 3.05) is 0 Å². The van der Waals surface area contributed by atoms with E-state index in [1.165, 1.54) is 6.21 Å². The van der Waals surface area contributed by atoms with Crippen molar-refractivity contribution in [2.24, 2.45) is 19.3 Å². The van der Waals surface area contributed by atoms with Gasteiger partial charge in [0.2, 0.25) is 0 Å². The molecule has 0 fully saturated rings. The van der Waals surface area contributed by atoms with Gasteiger partial charge in [-0.2, -0.15) is 0 Å². The van der Waals surface area contributed by atoms with Crippen molar-refractivity contribution in [3.8, 4) is 0 Å². The Labute approximate surface area is 85.9 Å². The Morgan fingerprint density at radius 1 is 1.27 bits per heavy atom. The van der Waals surface area contributed by atoms with Gasteiger partial charge in [-0.15, -0.1) is 0 Å². The quantitative estimate of drug-likeness (QED) is 0.423. The summed E-state index contributed by atoms with van der Waals surface area (Å²) in [4.78, 5) is 11.6. The second kappa shape index (κ2) is 3.27. The largest absolute Gasteiger partial charge is 0.411 e. The molecule has 1 aromatic heterocycles. The van der Waals surface area contributed by atoms with Crippen molar-refractivity contribution in [1.29, 1.82) is 0 Å². The molecule has 5 heteroatoms. The van der Waals surface area contributed by atoms with Crippen LogP contribution >= 0.6 is 0 Å². The molecule has 0 aliphatic rings. The smallest absolute Gasteiger partial charge is 0.328 e. The molecule has 0 atom stereocenters. The highest BCUT2D eigenvalue weighted by molar-refractivity contribution is 5.87. The molecule has 0 saturated heterocycles. The molecule has 0 bridgehead atoms. The van der Waals surface area contributed by atoms with Crippen LogP contribution in [-0.4, -0.2) is 20.6 Å². The Morgan fingerprint density at radius 2 is 1.93 bits per heavy atom. The Hall–Kier alpha value is -2.04. The average Bonchev–Trinajstić information content (AvgIpc) is 2.45. The molecule has 78 valence electrons. The summed E-state index contributed by atoms with van der Waals surface area (Å²) in [6.07, 6.45) is 1.33. The second-order valence-electron chi connectivity index (χ2n) is 3.39. The van der Waals surface area contributed by atoms with Crippen LogP contribution in [0.3, 0.4) is 0 Å². The van der Waals surface area contributed by atoms with Crippen molar-refractivity contribution >= 4 is 17.2 Å². The van der Waals surface area contributed by atoms with Crippen molar-refractivity contribution in [1.82, 2.24) is 9.13 Å². The maximum Gasteiger partial charge on any atom is 0.328 e. The lowest BCUT2D eigenvalue weighted by molar-refractivity contribution is 0.322. The SMILES string of the molecule is Cn1c(=O)n(C)c2cc(C=NO)ccc21. The van der Waals surface area contributed by atoms with Gasteiger partial charge in [0, 0.05) is 14.1 Å². The summed E-state index contributed by atoms with van der Waals surface area (Å²) >= 11 is 0. The van der Waals surface area contributed by atoms with E-state index < -0.39 is 0 Å². The molecule has 0 aliphatic heterocycles. The lowest BCUT2D eigenvalue weighted by Gasteiger charge is -1.96.